The third-order valence-electron chi connectivity index (χ3n) is 5.38. The summed E-state index contributed by atoms with van der Waals surface area (Å²) >= 11 is 5.02. The van der Waals surface area contributed by atoms with Gasteiger partial charge in [0, 0.05) is 5.70 Å². The Kier molecular flexibility index (Phi) is 3.56. The summed E-state index contributed by atoms with van der Waals surface area (Å²) in [6, 6.07) is 0. The van der Waals surface area contributed by atoms with Crippen molar-refractivity contribution in [3.8, 4) is 0 Å². The summed E-state index contributed by atoms with van der Waals surface area (Å²) < 4.78 is 5.53. The van der Waals surface area contributed by atoms with E-state index in [1.54, 1.807) is 0 Å². The van der Waals surface area contributed by atoms with Crippen molar-refractivity contribution >= 4 is 23.3 Å². The molecule has 2 atom stereocenters. The van der Waals surface area contributed by atoms with E-state index in [9.17, 15) is 4.79 Å². The molecule has 1 fully saturated rings. The minimum Gasteiger partial charge on any atom is -0.458 e. The molecule has 4 rings (SSSR count). The van der Waals surface area contributed by atoms with Crippen molar-refractivity contribution in [1.82, 2.24) is 10.6 Å². The van der Waals surface area contributed by atoms with Gasteiger partial charge in [0.25, 0.3) is 0 Å². The normalized spacial score (nSPS) is 29.9. The number of hydrogen-bond acceptors (Lipinski definition) is 3. The summed E-state index contributed by atoms with van der Waals surface area (Å²) in [5.41, 5.74) is 3.07. The van der Waals surface area contributed by atoms with E-state index in [4.69, 9.17) is 17.0 Å². The van der Waals surface area contributed by atoms with Crippen molar-refractivity contribution in [2.24, 2.45) is 17.3 Å². The van der Waals surface area contributed by atoms with Gasteiger partial charge in [-0.05, 0) is 54.8 Å². The molecular weight excluding hydrogens is 284 g/mol. The first kappa shape index (κ1) is 14.6. The Bertz CT molecular complexity index is 563. The van der Waals surface area contributed by atoms with Gasteiger partial charge in [-0.3, -0.25) is 0 Å². The molecule has 0 aromatic rings. The van der Waals surface area contributed by atoms with E-state index in [-0.39, 0.29) is 5.97 Å². The number of rotatable bonds is 3. The Hall–Kier alpha value is -1.36. The van der Waals surface area contributed by atoms with Crippen LogP contribution in [0.4, 0.5) is 0 Å². The van der Waals surface area contributed by atoms with E-state index in [1.165, 1.54) is 12.0 Å². The molecule has 4 nitrogen and oxygen atoms in total. The lowest BCUT2D eigenvalue weighted by molar-refractivity contribution is -0.139. The molecular formula is C16H22N2O2S. The smallest absolute Gasteiger partial charge is 0.337 e. The minimum atomic E-state index is -0.254. The summed E-state index contributed by atoms with van der Waals surface area (Å²) in [6.07, 6.45) is 4.63. The van der Waals surface area contributed by atoms with Gasteiger partial charge < -0.3 is 15.4 Å². The lowest BCUT2D eigenvalue weighted by Crippen LogP contribution is -2.49. The fraction of sp³-hybridized carbons (Fsp3) is 0.625. The zero-order valence-corrected chi connectivity index (χ0v) is 13.6. The summed E-state index contributed by atoms with van der Waals surface area (Å²) in [4.78, 5) is 12.2. The number of thiocarbonyl (C=S) groups is 1. The van der Waals surface area contributed by atoms with E-state index in [0.29, 0.717) is 35.2 Å². The molecule has 114 valence electrons. The third-order valence-corrected chi connectivity index (χ3v) is 5.62. The van der Waals surface area contributed by atoms with E-state index in [0.717, 1.165) is 18.0 Å². The summed E-state index contributed by atoms with van der Waals surface area (Å²) in [7, 11) is 0. The topological polar surface area (TPSA) is 50.4 Å². The highest BCUT2D eigenvalue weighted by Crippen LogP contribution is 2.59. The van der Waals surface area contributed by atoms with E-state index in [2.05, 4.69) is 30.6 Å². The lowest BCUT2D eigenvalue weighted by Gasteiger charge is -2.56. The molecule has 0 spiro atoms. The second-order valence-corrected chi connectivity index (χ2v) is 7.22. The number of allylic oxidation sites excluding steroid dienone is 2. The third kappa shape index (κ3) is 2.48. The van der Waals surface area contributed by atoms with Crippen molar-refractivity contribution < 1.29 is 9.53 Å². The van der Waals surface area contributed by atoms with E-state index >= 15 is 0 Å². The summed E-state index contributed by atoms with van der Waals surface area (Å²) in [5, 5.41) is 6.48. The standard InChI is InChI=1S/C16H22N2O2S/c1-9-12(7-17-15(21)18-9)14(19)20-8-10-4-5-11-6-13(10)16(11,2)3/h4,11,13H,5-8H2,1-3H3,(H2,17,18,21). The van der Waals surface area contributed by atoms with Gasteiger partial charge in [-0.15, -0.1) is 0 Å². The predicted molar refractivity (Wildman–Crippen MR) is 85.5 cm³/mol. The van der Waals surface area contributed by atoms with Crippen LogP contribution in [0, 0.1) is 17.3 Å². The van der Waals surface area contributed by atoms with Crippen LogP contribution < -0.4 is 10.6 Å². The monoisotopic (exact) mass is 306 g/mol. The number of hydrogen-bond donors (Lipinski definition) is 2. The quantitative estimate of drug-likeness (QED) is 0.476. The Morgan fingerprint density at radius 1 is 1.52 bits per heavy atom. The number of fused-ring (bicyclic) bond motifs is 1. The van der Waals surface area contributed by atoms with Crippen LogP contribution in [0.3, 0.4) is 0 Å². The molecule has 2 unspecified atom stereocenters. The summed E-state index contributed by atoms with van der Waals surface area (Å²) in [6.45, 7) is 7.35. The molecule has 2 N–H and O–H groups in total. The van der Waals surface area contributed by atoms with Crippen molar-refractivity contribution in [3.63, 3.8) is 0 Å². The molecule has 1 aliphatic heterocycles. The highest BCUT2D eigenvalue weighted by Gasteiger charge is 2.51. The predicted octanol–water partition coefficient (Wildman–Crippen LogP) is 2.27. The lowest BCUT2D eigenvalue weighted by atomic mass is 9.49. The molecule has 1 heterocycles. The SMILES string of the molecule is CC1=C(C(=O)OCC2=CCC3CC2C3(C)C)CNC(=S)N1. The molecule has 0 aromatic heterocycles. The van der Waals surface area contributed by atoms with Crippen LogP contribution in [0.15, 0.2) is 22.9 Å². The molecule has 0 aromatic carbocycles. The molecule has 21 heavy (non-hydrogen) atoms. The van der Waals surface area contributed by atoms with Crippen LogP contribution in [-0.4, -0.2) is 24.2 Å². The van der Waals surface area contributed by atoms with Crippen LogP contribution in [0.5, 0.6) is 0 Å². The zero-order chi connectivity index (χ0) is 15.2. The number of ether oxygens (including phenoxy) is 1. The first-order valence-electron chi connectivity index (χ1n) is 7.50. The van der Waals surface area contributed by atoms with Gasteiger partial charge in [0.05, 0.1) is 12.1 Å². The average Bonchev–Trinajstić information content (AvgIpc) is 2.44. The van der Waals surface area contributed by atoms with Gasteiger partial charge in [0.2, 0.25) is 0 Å². The van der Waals surface area contributed by atoms with Crippen LogP contribution in [0.25, 0.3) is 0 Å². The molecule has 0 amide bonds. The van der Waals surface area contributed by atoms with Crippen LogP contribution >= 0.6 is 12.2 Å². The van der Waals surface area contributed by atoms with Gasteiger partial charge in [0.15, 0.2) is 5.11 Å². The van der Waals surface area contributed by atoms with Crippen LogP contribution in [0.2, 0.25) is 0 Å². The molecule has 0 radical (unpaired) electrons. The van der Waals surface area contributed by atoms with E-state index < -0.39 is 0 Å². The maximum Gasteiger partial charge on any atom is 0.337 e. The van der Waals surface area contributed by atoms with E-state index in [1.807, 2.05) is 6.92 Å². The van der Waals surface area contributed by atoms with Crippen LogP contribution in [-0.2, 0) is 9.53 Å². The second-order valence-electron chi connectivity index (χ2n) is 6.81. The minimum absolute atomic E-state index is 0.254. The zero-order valence-electron chi connectivity index (χ0n) is 12.8. The average molecular weight is 306 g/mol. The fourth-order valence-corrected chi connectivity index (χ4v) is 3.92. The Morgan fingerprint density at radius 2 is 2.29 bits per heavy atom. The molecule has 5 heteroatoms. The summed E-state index contributed by atoms with van der Waals surface area (Å²) in [5.74, 6) is 1.13. The number of carbonyl (C=O) groups is 1. The Balaban J connectivity index is 1.61. The Labute approximate surface area is 131 Å². The largest absolute Gasteiger partial charge is 0.458 e. The van der Waals surface area contributed by atoms with Crippen molar-refractivity contribution in [3.05, 3.63) is 22.9 Å². The fourth-order valence-electron chi connectivity index (χ4n) is 3.69. The van der Waals surface area contributed by atoms with Crippen LogP contribution in [0.1, 0.15) is 33.6 Å². The van der Waals surface area contributed by atoms with Gasteiger partial charge in [-0.2, -0.15) is 0 Å². The number of esters is 1. The number of nitrogens with one attached hydrogen (secondary N) is 2. The number of carbonyl (C=O) groups excluding carboxylic acids is 1. The van der Waals surface area contributed by atoms with Gasteiger partial charge in [0.1, 0.15) is 6.61 Å². The highest BCUT2D eigenvalue weighted by atomic mass is 32.1. The molecule has 3 aliphatic carbocycles. The molecule has 0 saturated heterocycles. The maximum atomic E-state index is 12.2. The first-order chi connectivity index (χ1) is 9.89. The maximum absolute atomic E-state index is 12.2. The van der Waals surface area contributed by atoms with Crippen molar-refractivity contribution in [2.45, 2.75) is 33.6 Å². The second kappa shape index (κ2) is 5.13. The van der Waals surface area contributed by atoms with Gasteiger partial charge >= 0.3 is 5.97 Å². The molecule has 2 bridgehead atoms. The molecule has 4 aliphatic rings. The van der Waals surface area contributed by atoms with Crippen molar-refractivity contribution in [1.29, 1.82) is 0 Å². The first-order valence-corrected chi connectivity index (χ1v) is 7.91. The van der Waals surface area contributed by atoms with Crippen molar-refractivity contribution in [2.75, 3.05) is 13.2 Å². The highest BCUT2D eigenvalue weighted by molar-refractivity contribution is 7.80. The Morgan fingerprint density at radius 3 is 2.90 bits per heavy atom. The van der Waals surface area contributed by atoms with Gasteiger partial charge in [-0.25, -0.2) is 4.79 Å². The molecule has 1 saturated carbocycles. The van der Waals surface area contributed by atoms with Gasteiger partial charge in [-0.1, -0.05) is 19.9 Å².